The van der Waals surface area contributed by atoms with E-state index in [2.05, 4.69) is 5.32 Å². The van der Waals surface area contributed by atoms with Crippen molar-refractivity contribution < 1.29 is 9.59 Å². The number of likely N-dealkylation sites (N-methyl/N-ethyl adjacent to an activating group) is 1. The predicted octanol–water partition coefficient (Wildman–Crippen LogP) is -0.181. The maximum atomic E-state index is 11.3. The minimum Gasteiger partial charge on any atom is -0.363 e. The Bertz CT molecular complexity index is 212. The molecule has 0 heterocycles. The number of rotatable bonds is 6. The molecule has 4 nitrogen and oxygen atoms in total. The molecule has 0 aromatic carbocycles. The number of hydrogen-bond donors (Lipinski definition) is 2. The first-order valence-corrected chi connectivity index (χ1v) is 4.72. The molecule has 0 radical (unpaired) electrons. The van der Waals surface area contributed by atoms with Crippen molar-refractivity contribution in [3.05, 3.63) is 0 Å². The van der Waals surface area contributed by atoms with Crippen LogP contribution in [0.3, 0.4) is 0 Å². The van der Waals surface area contributed by atoms with Crippen LogP contribution in [0.5, 0.6) is 0 Å². The minimum absolute atomic E-state index is 0.352. The first-order chi connectivity index (χ1) is 6.15. The molecule has 0 aromatic heterocycles. The van der Waals surface area contributed by atoms with Gasteiger partial charge in [-0.2, -0.15) is 0 Å². The van der Waals surface area contributed by atoms with Crippen molar-refractivity contribution in [1.29, 1.82) is 0 Å². The van der Waals surface area contributed by atoms with Gasteiger partial charge in [0.05, 0.1) is 6.04 Å². The molecule has 0 bridgehead atoms. The number of nitrogens with two attached hydrogens (primary N) is 1. The van der Waals surface area contributed by atoms with Gasteiger partial charge in [0, 0.05) is 0 Å². The molecule has 3 N–H and O–H groups in total. The van der Waals surface area contributed by atoms with Gasteiger partial charge in [-0.15, -0.1) is 0 Å². The number of ketones is 1. The number of primary amides is 1. The summed E-state index contributed by atoms with van der Waals surface area (Å²) in [5.41, 5.74) is 4.93. The summed E-state index contributed by atoms with van der Waals surface area (Å²) in [4.78, 5) is 21.9. The molecule has 74 valence electrons. The Labute approximate surface area is 77.9 Å². The van der Waals surface area contributed by atoms with E-state index < -0.39 is 11.7 Å². The van der Waals surface area contributed by atoms with Crippen LogP contribution in [0.1, 0.15) is 26.2 Å². The van der Waals surface area contributed by atoms with Crippen LogP contribution in [0.25, 0.3) is 0 Å². The van der Waals surface area contributed by atoms with E-state index in [1.807, 2.05) is 6.92 Å². The minimum atomic E-state index is -0.827. The Morgan fingerprint density at radius 1 is 1.54 bits per heavy atom. The zero-order valence-corrected chi connectivity index (χ0v) is 7.88. The van der Waals surface area contributed by atoms with Crippen LogP contribution in [-0.4, -0.2) is 24.3 Å². The highest BCUT2D eigenvalue weighted by atomic mass is 16.2. The van der Waals surface area contributed by atoms with E-state index in [1.54, 1.807) is 0 Å². The lowest BCUT2D eigenvalue weighted by molar-refractivity contribution is -0.137. The second kappa shape index (κ2) is 4.37. The van der Waals surface area contributed by atoms with Crippen molar-refractivity contribution in [2.75, 3.05) is 6.54 Å². The van der Waals surface area contributed by atoms with Crippen LogP contribution in [-0.2, 0) is 9.59 Å². The lowest BCUT2D eigenvalue weighted by Crippen LogP contribution is -2.43. The van der Waals surface area contributed by atoms with E-state index >= 15 is 0 Å². The third kappa shape index (κ3) is 3.14. The molecular weight excluding hydrogens is 168 g/mol. The smallest absolute Gasteiger partial charge is 0.286 e. The average molecular weight is 184 g/mol. The molecular formula is C9H16N2O2. The van der Waals surface area contributed by atoms with Gasteiger partial charge in [-0.3, -0.25) is 9.59 Å². The summed E-state index contributed by atoms with van der Waals surface area (Å²) < 4.78 is 0. The molecule has 4 heteroatoms. The van der Waals surface area contributed by atoms with E-state index in [9.17, 15) is 9.59 Å². The van der Waals surface area contributed by atoms with E-state index in [0.717, 1.165) is 6.42 Å². The summed E-state index contributed by atoms with van der Waals surface area (Å²) in [6, 6.07) is -0.352. The van der Waals surface area contributed by atoms with Gasteiger partial charge in [-0.25, -0.2) is 0 Å². The maximum Gasteiger partial charge on any atom is 0.286 e. The second-order valence-electron chi connectivity index (χ2n) is 3.52. The van der Waals surface area contributed by atoms with Crippen molar-refractivity contribution >= 4 is 11.7 Å². The summed E-state index contributed by atoms with van der Waals surface area (Å²) in [7, 11) is 0. The topological polar surface area (TPSA) is 72.2 Å². The summed E-state index contributed by atoms with van der Waals surface area (Å²) >= 11 is 0. The molecule has 0 aliphatic heterocycles. The largest absolute Gasteiger partial charge is 0.363 e. The maximum absolute atomic E-state index is 11.3. The van der Waals surface area contributed by atoms with E-state index in [4.69, 9.17) is 5.73 Å². The van der Waals surface area contributed by atoms with Gasteiger partial charge >= 0.3 is 0 Å². The van der Waals surface area contributed by atoms with Crippen molar-refractivity contribution in [2.45, 2.75) is 32.2 Å². The van der Waals surface area contributed by atoms with Crippen molar-refractivity contribution in [3.8, 4) is 0 Å². The van der Waals surface area contributed by atoms with Gasteiger partial charge in [0.1, 0.15) is 0 Å². The summed E-state index contributed by atoms with van der Waals surface area (Å²) in [6.07, 6.45) is 3.11. The molecule has 13 heavy (non-hydrogen) atoms. The zero-order chi connectivity index (χ0) is 9.84. The van der Waals surface area contributed by atoms with E-state index in [-0.39, 0.29) is 6.04 Å². The third-order valence-corrected chi connectivity index (χ3v) is 2.28. The molecule has 1 aliphatic rings. The van der Waals surface area contributed by atoms with E-state index in [0.29, 0.717) is 12.5 Å². The number of Topliss-reactive ketones (excluding diaryl/α,β-unsaturated/α-hetero) is 1. The predicted molar refractivity (Wildman–Crippen MR) is 49.0 cm³/mol. The van der Waals surface area contributed by atoms with Gasteiger partial charge in [-0.1, -0.05) is 19.8 Å². The van der Waals surface area contributed by atoms with Crippen molar-refractivity contribution in [2.24, 2.45) is 11.7 Å². The third-order valence-electron chi connectivity index (χ3n) is 2.28. The number of carbonyl (C=O) groups is 2. The number of amides is 1. The van der Waals surface area contributed by atoms with Crippen LogP contribution in [0.2, 0.25) is 0 Å². The van der Waals surface area contributed by atoms with Gasteiger partial charge < -0.3 is 11.1 Å². The first-order valence-electron chi connectivity index (χ1n) is 4.72. The molecule has 1 saturated carbocycles. The number of hydrogen-bond acceptors (Lipinski definition) is 3. The quantitative estimate of drug-likeness (QED) is 0.562. The van der Waals surface area contributed by atoms with Crippen molar-refractivity contribution in [3.63, 3.8) is 0 Å². The normalized spacial score (nSPS) is 18.2. The highest BCUT2D eigenvalue weighted by Gasteiger charge is 2.30. The molecule has 0 aromatic rings. The van der Waals surface area contributed by atoms with Gasteiger partial charge in [0.15, 0.2) is 0 Å². The molecule has 1 aliphatic carbocycles. The molecule has 1 unspecified atom stereocenters. The molecule has 1 rings (SSSR count). The highest BCUT2D eigenvalue weighted by Crippen LogP contribution is 2.33. The van der Waals surface area contributed by atoms with Crippen LogP contribution in [0.15, 0.2) is 0 Å². The van der Waals surface area contributed by atoms with Crippen LogP contribution >= 0.6 is 0 Å². The second-order valence-corrected chi connectivity index (χ2v) is 3.52. The number of nitrogens with one attached hydrogen (secondary N) is 1. The Hall–Kier alpha value is -0.900. The molecule has 1 fully saturated rings. The lowest BCUT2D eigenvalue weighted by atomic mass is 10.1. The standard InChI is InChI=1S/C9H16N2O2/c1-2-11-7(5-6-3-4-6)8(12)9(10)13/h6-7,11H,2-5H2,1H3,(H2,10,13). The van der Waals surface area contributed by atoms with Crippen LogP contribution in [0, 0.1) is 5.92 Å². The van der Waals surface area contributed by atoms with Gasteiger partial charge in [-0.05, 0) is 18.9 Å². The van der Waals surface area contributed by atoms with E-state index in [1.165, 1.54) is 12.8 Å². The zero-order valence-electron chi connectivity index (χ0n) is 7.88. The molecule has 1 atom stereocenters. The Kier molecular flexibility index (Phi) is 3.42. The summed E-state index contributed by atoms with van der Waals surface area (Å²) in [6.45, 7) is 2.60. The van der Waals surface area contributed by atoms with Gasteiger partial charge in [0.25, 0.3) is 5.91 Å². The first kappa shape index (κ1) is 10.2. The number of carbonyl (C=O) groups excluding carboxylic acids is 2. The Balaban J connectivity index is 2.43. The fourth-order valence-corrected chi connectivity index (χ4v) is 1.39. The Morgan fingerprint density at radius 3 is 2.54 bits per heavy atom. The average Bonchev–Trinajstić information content (AvgIpc) is 2.86. The lowest BCUT2D eigenvalue weighted by Gasteiger charge is -2.13. The SMILES string of the molecule is CCNC(CC1CC1)C(=O)C(N)=O. The van der Waals surface area contributed by atoms with Crippen molar-refractivity contribution in [1.82, 2.24) is 5.32 Å². The summed E-state index contributed by atoms with van der Waals surface area (Å²) in [5.74, 6) is -0.687. The summed E-state index contributed by atoms with van der Waals surface area (Å²) in [5, 5.41) is 2.98. The molecule has 0 spiro atoms. The van der Waals surface area contributed by atoms with Gasteiger partial charge in [0.2, 0.25) is 5.78 Å². The van der Waals surface area contributed by atoms with Crippen LogP contribution < -0.4 is 11.1 Å². The highest BCUT2D eigenvalue weighted by molar-refractivity contribution is 6.37. The fourth-order valence-electron chi connectivity index (χ4n) is 1.39. The molecule has 1 amide bonds. The monoisotopic (exact) mass is 184 g/mol. The molecule has 0 saturated heterocycles. The fraction of sp³-hybridized carbons (Fsp3) is 0.778. The Morgan fingerprint density at radius 2 is 2.15 bits per heavy atom. The van der Waals surface area contributed by atoms with Crippen LogP contribution in [0.4, 0.5) is 0 Å².